The standard InChI is InChI=1S/C19H28N2O3/c1-4-5-6-7-13-23-19(22)24-17-10-8-9-16-18(17)15(14-20-16)11-12-21(2)3/h8-10,14,20H,4-7,11-13H2,1-3H3. The summed E-state index contributed by atoms with van der Waals surface area (Å²) in [7, 11) is 4.09. The normalized spacial score (nSPS) is 11.2. The summed E-state index contributed by atoms with van der Waals surface area (Å²) in [6, 6.07) is 5.67. The highest BCUT2D eigenvalue weighted by molar-refractivity contribution is 5.90. The average molecular weight is 332 g/mol. The molecule has 1 aromatic carbocycles. The number of aromatic nitrogens is 1. The van der Waals surface area contributed by atoms with Crippen LogP contribution in [0.5, 0.6) is 5.75 Å². The molecule has 0 aliphatic carbocycles. The fourth-order valence-corrected chi connectivity index (χ4v) is 2.65. The number of carbonyl (C=O) groups is 1. The van der Waals surface area contributed by atoms with E-state index in [0.29, 0.717) is 12.4 Å². The molecular formula is C19H28N2O3. The van der Waals surface area contributed by atoms with Gasteiger partial charge in [0.25, 0.3) is 0 Å². The molecule has 0 saturated heterocycles. The Morgan fingerprint density at radius 2 is 2.04 bits per heavy atom. The van der Waals surface area contributed by atoms with Gasteiger partial charge in [-0.05, 0) is 44.6 Å². The molecule has 0 amide bonds. The summed E-state index contributed by atoms with van der Waals surface area (Å²) in [4.78, 5) is 17.3. The molecule has 1 N–H and O–H groups in total. The number of ether oxygens (including phenoxy) is 2. The number of unbranched alkanes of at least 4 members (excludes halogenated alkanes) is 3. The largest absolute Gasteiger partial charge is 0.513 e. The Kier molecular flexibility index (Phi) is 7.12. The van der Waals surface area contributed by atoms with Crippen LogP contribution in [0.15, 0.2) is 24.4 Å². The van der Waals surface area contributed by atoms with E-state index in [4.69, 9.17) is 9.47 Å². The van der Waals surface area contributed by atoms with Crippen molar-refractivity contribution in [3.8, 4) is 5.75 Å². The number of hydrogen-bond donors (Lipinski definition) is 1. The van der Waals surface area contributed by atoms with Crippen molar-refractivity contribution in [1.82, 2.24) is 9.88 Å². The molecule has 5 heteroatoms. The lowest BCUT2D eigenvalue weighted by Crippen LogP contribution is -2.15. The number of likely N-dealkylation sites (N-methyl/N-ethyl adjacent to an activating group) is 1. The number of fused-ring (bicyclic) bond motifs is 1. The quantitative estimate of drug-likeness (QED) is 0.421. The predicted molar refractivity (Wildman–Crippen MR) is 96.7 cm³/mol. The Bertz CT molecular complexity index is 649. The number of aromatic amines is 1. The highest BCUT2D eigenvalue weighted by Gasteiger charge is 2.13. The molecule has 0 unspecified atom stereocenters. The lowest BCUT2D eigenvalue weighted by Gasteiger charge is -2.10. The predicted octanol–water partition coefficient (Wildman–Crippen LogP) is 4.37. The molecule has 2 aromatic rings. The van der Waals surface area contributed by atoms with Gasteiger partial charge in [0.15, 0.2) is 0 Å². The van der Waals surface area contributed by atoms with Gasteiger partial charge in [0.2, 0.25) is 0 Å². The molecule has 24 heavy (non-hydrogen) atoms. The first-order valence-corrected chi connectivity index (χ1v) is 8.70. The van der Waals surface area contributed by atoms with Gasteiger partial charge in [-0.3, -0.25) is 0 Å². The van der Waals surface area contributed by atoms with Crippen LogP contribution in [0.2, 0.25) is 0 Å². The van der Waals surface area contributed by atoms with Crippen LogP contribution >= 0.6 is 0 Å². The minimum atomic E-state index is -0.626. The van der Waals surface area contributed by atoms with Crippen LogP contribution in [-0.2, 0) is 11.2 Å². The number of H-pyrrole nitrogens is 1. The molecule has 2 rings (SSSR count). The first kappa shape index (κ1) is 18.3. The molecular weight excluding hydrogens is 304 g/mol. The first-order valence-electron chi connectivity index (χ1n) is 8.70. The number of nitrogens with zero attached hydrogens (tertiary/aromatic N) is 1. The third-order valence-electron chi connectivity index (χ3n) is 3.99. The van der Waals surface area contributed by atoms with E-state index in [9.17, 15) is 4.79 Å². The minimum Gasteiger partial charge on any atom is -0.434 e. The maximum Gasteiger partial charge on any atom is 0.513 e. The van der Waals surface area contributed by atoms with Crippen molar-refractivity contribution < 1.29 is 14.3 Å². The van der Waals surface area contributed by atoms with Gasteiger partial charge in [0.05, 0.1) is 6.61 Å². The van der Waals surface area contributed by atoms with Crippen molar-refractivity contribution in [2.45, 2.75) is 39.0 Å². The van der Waals surface area contributed by atoms with Crippen molar-refractivity contribution in [3.63, 3.8) is 0 Å². The average Bonchev–Trinajstić information content (AvgIpc) is 2.97. The van der Waals surface area contributed by atoms with E-state index in [-0.39, 0.29) is 0 Å². The zero-order valence-electron chi connectivity index (χ0n) is 14.9. The van der Waals surface area contributed by atoms with E-state index in [0.717, 1.165) is 55.1 Å². The second kappa shape index (κ2) is 9.33. The van der Waals surface area contributed by atoms with Crippen LogP contribution < -0.4 is 4.74 Å². The van der Waals surface area contributed by atoms with Gasteiger partial charge in [0, 0.05) is 23.6 Å². The molecule has 1 heterocycles. The summed E-state index contributed by atoms with van der Waals surface area (Å²) in [6.07, 6.45) is 6.53. The lowest BCUT2D eigenvalue weighted by molar-refractivity contribution is 0.0978. The number of hydrogen-bond acceptors (Lipinski definition) is 4. The molecule has 0 aliphatic rings. The molecule has 5 nitrogen and oxygen atoms in total. The van der Waals surface area contributed by atoms with Crippen LogP contribution in [0.25, 0.3) is 10.9 Å². The highest BCUT2D eigenvalue weighted by atomic mass is 16.7. The van der Waals surface area contributed by atoms with Crippen LogP contribution in [0.4, 0.5) is 4.79 Å². The van der Waals surface area contributed by atoms with Crippen LogP contribution in [0.1, 0.15) is 38.2 Å². The van der Waals surface area contributed by atoms with Crippen molar-refractivity contribution in [1.29, 1.82) is 0 Å². The van der Waals surface area contributed by atoms with Crippen molar-refractivity contribution in [3.05, 3.63) is 30.0 Å². The van der Waals surface area contributed by atoms with Gasteiger partial charge in [0.1, 0.15) is 5.75 Å². The van der Waals surface area contributed by atoms with Crippen LogP contribution in [0, 0.1) is 0 Å². The second-order valence-electron chi connectivity index (χ2n) is 6.31. The number of carbonyl (C=O) groups excluding carboxylic acids is 1. The maximum atomic E-state index is 11.9. The Hall–Kier alpha value is -2.01. The molecule has 0 atom stereocenters. The van der Waals surface area contributed by atoms with Gasteiger partial charge in [-0.25, -0.2) is 4.79 Å². The van der Waals surface area contributed by atoms with E-state index in [2.05, 4.69) is 16.8 Å². The zero-order valence-corrected chi connectivity index (χ0v) is 14.9. The molecule has 1 aromatic heterocycles. The summed E-state index contributed by atoms with van der Waals surface area (Å²) >= 11 is 0. The summed E-state index contributed by atoms with van der Waals surface area (Å²) in [6.45, 7) is 3.50. The number of benzene rings is 1. The topological polar surface area (TPSA) is 54.6 Å². The van der Waals surface area contributed by atoms with E-state index in [1.165, 1.54) is 0 Å². The van der Waals surface area contributed by atoms with E-state index >= 15 is 0 Å². The van der Waals surface area contributed by atoms with E-state index < -0.39 is 6.16 Å². The van der Waals surface area contributed by atoms with Crippen molar-refractivity contribution in [2.24, 2.45) is 0 Å². The monoisotopic (exact) mass is 332 g/mol. The Morgan fingerprint density at radius 1 is 1.21 bits per heavy atom. The summed E-state index contributed by atoms with van der Waals surface area (Å²) in [5, 5.41) is 0.960. The van der Waals surface area contributed by atoms with E-state index in [1.807, 2.05) is 38.5 Å². The molecule has 0 fully saturated rings. The van der Waals surface area contributed by atoms with Crippen LogP contribution in [0.3, 0.4) is 0 Å². The van der Waals surface area contributed by atoms with Gasteiger partial charge < -0.3 is 19.4 Å². The van der Waals surface area contributed by atoms with Gasteiger partial charge in [-0.15, -0.1) is 0 Å². The summed E-state index contributed by atoms with van der Waals surface area (Å²) in [5.41, 5.74) is 2.11. The Morgan fingerprint density at radius 3 is 2.79 bits per heavy atom. The molecule has 0 radical (unpaired) electrons. The molecule has 0 saturated carbocycles. The third kappa shape index (κ3) is 5.27. The molecule has 132 valence electrons. The van der Waals surface area contributed by atoms with Gasteiger partial charge in [-0.1, -0.05) is 32.3 Å². The highest BCUT2D eigenvalue weighted by Crippen LogP contribution is 2.29. The van der Waals surface area contributed by atoms with E-state index in [1.54, 1.807) is 0 Å². The number of rotatable bonds is 9. The SMILES string of the molecule is CCCCCCOC(=O)Oc1cccc2[nH]cc(CCN(C)C)c12. The van der Waals surface area contributed by atoms with Crippen molar-refractivity contribution >= 4 is 17.1 Å². The summed E-state index contributed by atoms with van der Waals surface area (Å²) in [5.74, 6) is 0.557. The van der Waals surface area contributed by atoms with Crippen molar-refractivity contribution in [2.75, 3.05) is 27.2 Å². The zero-order chi connectivity index (χ0) is 17.4. The van der Waals surface area contributed by atoms with Gasteiger partial charge in [-0.2, -0.15) is 0 Å². The smallest absolute Gasteiger partial charge is 0.434 e. The lowest BCUT2D eigenvalue weighted by atomic mass is 10.1. The molecule has 0 bridgehead atoms. The maximum absolute atomic E-state index is 11.9. The Balaban J connectivity index is 2.00. The summed E-state index contributed by atoms with van der Waals surface area (Å²) < 4.78 is 10.6. The Labute approximate surface area is 143 Å². The fraction of sp³-hybridized carbons (Fsp3) is 0.526. The molecule has 0 spiro atoms. The van der Waals surface area contributed by atoms with Crippen LogP contribution in [-0.4, -0.2) is 43.3 Å². The first-order chi connectivity index (χ1) is 11.6. The number of nitrogens with one attached hydrogen (secondary N) is 1. The fourth-order valence-electron chi connectivity index (χ4n) is 2.65. The van der Waals surface area contributed by atoms with Gasteiger partial charge >= 0.3 is 6.16 Å². The minimum absolute atomic E-state index is 0.412. The third-order valence-corrected chi connectivity index (χ3v) is 3.99. The molecule has 0 aliphatic heterocycles. The second-order valence-corrected chi connectivity index (χ2v) is 6.31.